The van der Waals surface area contributed by atoms with Crippen LogP contribution >= 0.6 is 11.8 Å². The maximum atomic E-state index is 12.6. The van der Waals surface area contributed by atoms with Crippen molar-refractivity contribution in [3.05, 3.63) is 53.6 Å². The van der Waals surface area contributed by atoms with Gasteiger partial charge in [-0.15, -0.1) is 0 Å². The predicted molar refractivity (Wildman–Crippen MR) is 165 cm³/mol. The molecule has 1 saturated heterocycles. The highest BCUT2D eigenvalue weighted by molar-refractivity contribution is 7.99. The number of carbonyl (C=O) groups excluding carboxylic acids is 1. The topological polar surface area (TPSA) is 70.1 Å². The lowest BCUT2D eigenvalue weighted by Crippen LogP contribution is -2.59. The third kappa shape index (κ3) is 9.76. The van der Waals surface area contributed by atoms with E-state index in [9.17, 15) is 14.7 Å². The number of hydrogen-bond acceptors (Lipinski definition) is 5. The number of carbonyl (C=O) groups is 2. The Bertz CT molecular complexity index is 1090. The fraction of sp³-hybridized carbons (Fsp3) is 0.576. The summed E-state index contributed by atoms with van der Waals surface area (Å²) in [6.45, 7) is 9.72. The molecule has 0 aliphatic carbocycles. The van der Waals surface area contributed by atoms with Crippen molar-refractivity contribution in [1.82, 2.24) is 4.90 Å². The van der Waals surface area contributed by atoms with E-state index in [2.05, 4.69) is 56.0 Å². The van der Waals surface area contributed by atoms with Crippen molar-refractivity contribution in [3.63, 3.8) is 0 Å². The van der Waals surface area contributed by atoms with Gasteiger partial charge in [-0.25, -0.2) is 4.79 Å². The van der Waals surface area contributed by atoms with Gasteiger partial charge in [-0.05, 0) is 51.0 Å². The highest BCUT2D eigenvalue weighted by Crippen LogP contribution is 2.38. The fourth-order valence-corrected chi connectivity index (χ4v) is 6.47. The van der Waals surface area contributed by atoms with Crippen LogP contribution in [0.25, 0.3) is 0 Å². The summed E-state index contributed by atoms with van der Waals surface area (Å²) < 4.78 is 5.80. The molecule has 1 aliphatic heterocycles. The second-order valence-electron chi connectivity index (χ2n) is 11.1. The second kappa shape index (κ2) is 16.6. The number of hydrogen-bond donors (Lipinski definition) is 1. The summed E-state index contributed by atoms with van der Waals surface area (Å²) in [5.41, 5.74) is 3.56. The summed E-state index contributed by atoms with van der Waals surface area (Å²) in [5.74, 6) is -0.233. The zero-order valence-corrected chi connectivity index (χ0v) is 25.7. The number of para-hydroxylation sites is 1. The zero-order valence-electron chi connectivity index (χ0n) is 24.9. The summed E-state index contributed by atoms with van der Waals surface area (Å²) in [7, 11) is 0. The van der Waals surface area contributed by atoms with E-state index in [1.807, 2.05) is 19.1 Å². The number of carboxylic acid groups (broad SMARTS) is 1. The van der Waals surface area contributed by atoms with Gasteiger partial charge in [0.1, 0.15) is 6.10 Å². The van der Waals surface area contributed by atoms with Crippen molar-refractivity contribution in [2.45, 2.75) is 114 Å². The largest absolute Gasteiger partial charge is 0.465 e. The van der Waals surface area contributed by atoms with Crippen LogP contribution in [-0.4, -0.2) is 53.8 Å². The highest BCUT2D eigenvalue weighted by atomic mass is 32.2. The van der Waals surface area contributed by atoms with E-state index in [4.69, 9.17) is 4.74 Å². The molecule has 7 heteroatoms. The molecular weight excluding hydrogens is 520 g/mol. The fourth-order valence-electron chi connectivity index (χ4n) is 5.43. The predicted octanol–water partition coefficient (Wildman–Crippen LogP) is 8.48. The molecule has 1 fully saturated rings. The molecule has 1 amide bonds. The average molecular weight is 569 g/mol. The van der Waals surface area contributed by atoms with Gasteiger partial charge >= 0.3 is 12.1 Å². The molecule has 0 aromatic heterocycles. The summed E-state index contributed by atoms with van der Waals surface area (Å²) >= 11 is 1.73. The van der Waals surface area contributed by atoms with Gasteiger partial charge in [-0.3, -0.25) is 9.69 Å². The van der Waals surface area contributed by atoms with Gasteiger partial charge in [0.05, 0.1) is 11.7 Å². The van der Waals surface area contributed by atoms with Crippen molar-refractivity contribution in [2.75, 3.05) is 24.5 Å². The van der Waals surface area contributed by atoms with Gasteiger partial charge in [0.15, 0.2) is 0 Å². The maximum absolute atomic E-state index is 12.6. The third-order valence-electron chi connectivity index (χ3n) is 7.76. The van der Waals surface area contributed by atoms with Crippen LogP contribution in [0.1, 0.15) is 89.2 Å². The lowest BCUT2D eigenvalue weighted by Gasteiger charge is -2.43. The number of rotatable bonds is 15. The summed E-state index contributed by atoms with van der Waals surface area (Å²) in [4.78, 5) is 30.7. The van der Waals surface area contributed by atoms with Crippen LogP contribution in [0, 0.1) is 13.8 Å². The molecule has 2 aromatic carbocycles. The molecule has 0 radical (unpaired) electrons. The highest BCUT2D eigenvalue weighted by Gasteiger charge is 2.36. The van der Waals surface area contributed by atoms with E-state index in [1.165, 1.54) is 59.4 Å². The first kappa shape index (κ1) is 31.9. The standard InChI is InChI=1S/C33H48N2O4S/c1-5-6-7-8-9-10-11-12-13-18-32(36)39-27(4)29-24-34(21-22-35(29)33(37)38)28-16-14-15-17-31(28)40-30-20-19-25(2)23-26(30)3/h14-17,19-20,23,27,29H,5-13,18,21-22,24H2,1-4H3,(H,37,38). The number of piperazine rings is 1. The molecule has 220 valence electrons. The summed E-state index contributed by atoms with van der Waals surface area (Å²) in [6, 6.07) is 14.3. The third-order valence-corrected chi connectivity index (χ3v) is 9.01. The van der Waals surface area contributed by atoms with E-state index in [0.717, 1.165) is 29.8 Å². The first-order valence-electron chi connectivity index (χ1n) is 15.1. The molecule has 3 rings (SSSR count). The van der Waals surface area contributed by atoms with Crippen molar-refractivity contribution in [3.8, 4) is 0 Å². The zero-order chi connectivity index (χ0) is 28.9. The van der Waals surface area contributed by atoms with Crippen LogP contribution in [0.2, 0.25) is 0 Å². The Morgan fingerprint density at radius 3 is 2.30 bits per heavy atom. The molecule has 1 N–H and O–H groups in total. The quantitative estimate of drug-likeness (QED) is 0.172. The molecule has 1 heterocycles. The molecule has 0 saturated carbocycles. The maximum Gasteiger partial charge on any atom is 0.407 e. The number of anilines is 1. The van der Waals surface area contributed by atoms with Gasteiger partial charge in [-0.1, -0.05) is 99.9 Å². The van der Waals surface area contributed by atoms with Gasteiger partial charge < -0.3 is 14.7 Å². The van der Waals surface area contributed by atoms with Crippen LogP contribution in [0.5, 0.6) is 0 Å². The van der Waals surface area contributed by atoms with Gasteiger partial charge in [0, 0.05) is 35.8 Å². The van der Waals surface area contributed by atoms with E-state index in [1.54, 1.807) is 11.8 Å². The Labute approximate surface area is 245 Å². The molecule has 1 aliphatic rings. The molecule has 0 bridgehead atoms. The monoisotopic (exact) mass is 568 g/mol. The number of amides is 1. The van der Waals surface area contributed by atoms with Crippen molar-refractivity contribution >= 4 is 29.5 Å². The minimum atomic E-state index is -0.968. The smallest absolute Gasteiger partial charge is 0.407 e. The van der Waals surface area contributed by atoms with Crippen LogP contribution in [0.4, 0.5) is 10.5 Å². The van der Waals surface area contributed by atoms with Crippen molar-refractivity contribution in [2.24, 2.45) is 0 Å². The van der Waals surface area contributed by atoms with Gasteiger partial charge in [-0.2, -0.15) is 0 Å². The molecule has 40 heavy (non-hydrogen) atoms. The average Bonchev–Trinajstić information content (AvgIpc) is 2.93. The van der Waals surface area contributed by atoms with Crippen LogP contribution in [-0.2, 0) is 9.53 Å². The molecule has 2 atom stereocenters. The first-order chi connectivity index (χ1) is 19.3. The van der Waals surface area contributed by atoms with Crippen LogP contribution in [0.15, 0.2) is 52.3 Å². The molecule has 6 nitrogen and oxygen atoms in total. The van der Waals surface area contributed by atoms with Gasteiger partial charge in [0.25, 0.3) is 0 Å². The van der Waals surface area contributed by atoms with E-state index in [-0.39, 0.29) is 5.97 Å². The van der Waals surface area contributed by atoms with E-state index in [0.29, 0.717) is 26.1 Å². The normalized spacial score (nSPS) is 16.1. The first-order valence-corrected chi connectivity index (χ1v) is 15.9. The Balaban J connectivity index is 1.57. The summed E-state index contributed by atoms with van der Waals surface area (Å²) in [5, 5.41) is 9.91. The number of aryl methyl sites for hydroxylation is 2. The number of nitrogens with zero attached hydrogens (tertiary/aromatic N) is 2. The Hall–Kier alpha value is -2.67. The molecule has 2 aromatic rings. The minimum absolute atomic E-state index is 0.233. The SMILES string of the molecule is CCCCCCCCCCCC(=O)OC(C)C1CN(c2ccccc2Sc2ccc(C)cc2C)CCN1C(=O)O. The molecular formula is C33H48N2O4S. The Kier molecular flexibility index (Phi) is 13.2. The lowest BCUT2D eigenvalue weighted by molar-refractivity contribution is -0.151. The van der Waals surface area contributed by atoms with Gasteiger partial charge in [0.2, 0.25) is 0 Å². The second-order valence-corrected chi connectivity index (χ2v) is 12.2. The van der Waals surface area contributed by atoms with Crippen LogP contribution < -0.4 is 4.90 Å². The van der Waals surface area contributed by atoms with Crippen molar-refractivity contribution < 1.29 is 19.4 Å². The lowest BCUT2D eigenvalue weighted by atomic mass is 10.1. The molecule has 0 spiro atoms. The van der Waals surface area contributed by atoms with E-state index >= 15 is 0 Å². The minimum Gasteiger partial charge on any atom is -0.465 e. The van der Waals surface area contributed by atoms with Crippen molar-refractivity contribution in [1.29, 1.82) is 0 Å². The Morgan fingerprint density at radius 2 is 1.62 bits per heavy atom. The molecule has 2 unspecified atom stereocenters. The number of unbranched alkanes of at least 4 members (excludes halogenated alkanes) is 8. The Morgan fingerprint density at radius 1 is 0.950 bits per heavy atom. The number of ether oxygens (including phenoxy) is 1. The van der Waals surface area contributed by atoms with E-state index < -0.39 is 18.2 Å². The van der Waals surface area contributed by atoms with Crippen LogP contribution in [0.3, 0.4) is 0 Å². The summed E-state index contributed by atoms with van der Waals surface area (Å²) in [6.07, 6.45) is 9.62. The number of esters is 1. The number of benzene rings is 2.